The van der Waals surface area contributed by atoms with Gasteiger partial charge in [0.2, 0.25) is 0 Å². The van der Waals surface area contributed by atoms with Crippen LogP contribution in [-0.2, 0) is 14.3 Å². The van der Waals surface area contributed by atoms with Crippen LogP contribution < -0.4 is 0 Å². The summed E-state index contributed by atoms with van der Waals surface area (Å²) in [5, 5.41) is 0. The van der Waals surface area contributed by atoms with Gasteiger partial charge in [0.15, 0.2) is 0 Å². The highest BCUT2D eigenvalue weighted by Gasteiger charge is 2.16. The number of hydrogen-bond acceptors (Lipinski definition) is 4. The Kier molecular flexibility index (Phi) is 6.18. The van der Waals surface area contributed by atoms with Crippen LogP contribution in [0.2, 0.25) is 0 Å². The second-order valence-corrected chi connectivity index (χ2v) is 5.22. The van der Waals surface area contributed by atoms with Gasteiger partial charge in [0, 0.05) is 6.92 Å². The topological polar surface area (TPSA) is 52.6 Å². The maximum absolute atomic E-state index is 11.7. The lowest BCUT2D eigenvalue weighted by Gasteiger charge is -2.29. The van der Waals surface area contributed by atoms with E-state index in [9.17, 15) is 9.59 Å². The quantitative estimate of drug-likeness (QED) is 0.561. The molecule has 0 atom stereocenters. The largest absolute Gasteiger partial charge is 0.460 e. The van der Waals surface area contributed by atoms with E-state index in [1.165, 1.54) is 6.92 Å². The molecule has 1 aromatic rings. The first-order valence-electron chi connectivity index (χ1n) is 6.58. The standard InChI is InChI=1S/C15H22NO4/c1-13(17)19-11-9-16(2,3)10-12-20-15(18)14-7-5-4-6-8-14/h4-8H,9-12H2,1-3H3/q+1. The lowest BCUT2D eigenvalue weighted by atomic mass is 10.2. The number of carbonyl (C=O) groups is 2. The molecule has 0 aliphatic carbocycles. The van der Waals surface area contributed by atoms with Crippen LogP contribution >= 0.6 is 0 Å². The number of nitrogens with zero attached hydrogens (tertiary/aromatic N) is 1. The highest BCUT2D eigenvalue weighted by molar-refractivity contribution is 5.89. The molecule has 110 valence electrons. The summed E-state index contributed by atoms with van der Waals surface area (Å²) in [7, 11) is 4.00. The molecule has 0 saturated heterocycles. The van der Waals surface area contributed by atoms with Gasteiger partial charge in [0.25, 0.3) is 0 Å². The Balaban J connectivity index is 2.28. The Morgan fingerprint density at radius 2 is 1.55 bits per heavy atom. The molecule has 5 nitrogen and oxygen atoms in total. The molecule has 0 saturated carbocycles. The molecule has 0 bridgehead atoms. The van der Waals surface area contributed by atoms with Crippen LogP contribution in [0, 0.1) is 0 Å². The van der Waals surface area contributed by atoms with Gasteiger partial charge in [-0.1, -0.05) is 18.2 Å². The maximum Gasteiger partial charge on any atom is 0.338 e. The molecular weight excluding hydrogens is 258 g/mol. The summed E-state index contributed by atoms with van der Waals surface area (Å²) in [6.07, 6.45) is 0. The average Bonchev–Trinajstić information content (AvgIpc) is 2.38. The van der Waals surface area contributed by atoms with Crippen LogP contribution in [0.25, 0.3) is 0 Å². The first kappa shape index (κ1) is 16.2. The third kappa shape index (κ3) is 6.33. The molecule has 0 amide bonds. The molecule has 5 heteroatoms. The van der Waals surface area contributed by atoms with Crippen molar-refractivity contribution in [1.29, 1.82) is 0 Å². The van der Waals surface area contributed by atoms with E-state index >= 15 is 0 Å². The highest BCUT2D eigenvalue weighted by Crippen LogP contribution is 2.02. The molecule has 1 aromatic carbocycles. The fourth-order valence-electron chi connectivity index (χ4n) is 1.59. The van der Waals surface area contributed by atoms with E-state index < -0.39 is 0 Å². The molecule has 0 heterocycles. The van der Waals surface area contributed by atoms with Gasteiger partial charge in [-0.25, -0.2) is 4.79 Å². The number of rotatable bonds is 7. The van der Waals surface area contributed by atoms with E-state index in [2.05, 4.69) is 0 Å². The van der Waals surface area contributed by atoms with Crippen LogP contribution in [0.15, 0.2) is 30.3 Å². The smallest absolute Gasteiger partial charge is 0.338 e. The lowest BCUT2D eigenvalue weighted by molar-refractivity contribution is -0.890. The molecule has 0 spiro atoms. The summed E-state index contributed by atoms with van der Waals surface area (Å²) in [5.41, 5.74) is 0.553. The zero-order valence-electron chi connectivity index (χ0n) is 12.3. The zero-order chi connectivity index (χ0) is 15.0. The molecule has 0 aromatic heterocycles. The van der Waals surface area contributed by atoms with Crippen LogP contribution in [0.5, 0.6) is 0 Å². The second-order valence-electron chi connectivity index (χ2n) is 5.22. The molecule has 0 aliphatic heterocycles. The molecule has 20 heavy (non-hydrogen) atoms. The number of quaternary nitrogens is 1. The molecule has 0 N–H and O–H groups in total. The van der Waals surface area contributed by atoms with Crippen LogP contribution in [-0.4, -0.2) is 56.8 Å². The minimum atomic E-state index is -0.314. The van der Waals surface area contributed by atoms with Crippen molar-refractivity contribution in [2.24, 2.45) is 0 Å². The molecule has 0 aliphatic rings. The lowest BCUT2D eigenvalue weighted by Crippen LogP contribution is -2.45. The molecule has 0 fully saturated rings. The van der Waals surface area contributed by atoms with Gasteiger partial charge in [0.05, 0.1) is 19.7 Å². The minimum Gasteiger partial charge on any atom is -0.460 e. The van der Waals surface area contributed by atoms with Gasteiger partial charge in [-0.15, -0.1) is 0 Å². The van der Waals surface area contributed by atoms with E-state index in [0.29, 0.717) is 36.3 Å². The summed E-state index contributed by atoms with van der Waals surface area (Å²) in [4.78, 5) is 22.4. The monoisotopic (exact) mass is 280 g/mol. The van der Waals surface area contributed by atoms with E-state index in [4.69, 9.17) is 9.47 Å². The summed E-state index contributed by atoms with van der Waals surface area (Å²) in [5.74, 6) is -0.592. The van der Waals surface area contributed by atoms with Crippen molar-refractivity contribution < 1.29 is 23.5 Å². The second kappa shape index (κ2) is 7.65. The summed E-state index contributed by atoms with van der Waals surface area (Å²) >= 11 is 0. The Hall–Kier alpha value is -1.88. The predicted molar refractivity (Wildman–Crippen MR) is 75.2 cm³/mol. The van der Waals surface area contributed by atoms with Crippen molar-refractivity contribution in [2.75, 3.05) is 40.4 Å². The van der Waals surface area contributed by atoms with Crippen molar-refractivity contribution in [2.45, 2.75) is 6.92 Å². The van der Waals surface area contributed by atoms with Crippen LogP contribution in [0.4, 0.5) is 0 Å². The molecular formula is C15H22NO4+. The van der Waals surface area contributed by atoms with Crippen molar-refractivity contribution >= 4 is 11.9 Å². The SMILES string of the molecule is CC(=O)OCC[N+](C)(C)CCOC(=O)c1ccccc1. The number of carbonyl (C=O) groups excluding carboxylic acids is 2. The van der Waals surface area contributed by atoms with E-state index in [1.807, 2.05) is 20.2 Å². The number of benzene rings is 1. The summed E-state index contributed by atoms with van der Waals surface area (Å²) in [6.45, 7) is 3.44. The maximum atomic E-state index is 11.7. The van der Waals surface area contributed by atoms with Gasteiger partial charge >= 0.3 is 11.9 Å². The Labute approximate surface area is 119 Å². The van der Waals surface area contributed by atoms with Gasteiger partial charge in [0.1, 0.15) is 26.3 Å². The number of hydrogen-bond donors (Lipinski definition) is 0. The third-order valence-electron chi connectivity index (χ3n) is 2.94. The van der Waals surface area contributed by atoms with E-state index in [-0.39, 0.29) is 11.9 Å². The van der Waals surface area contributed by atoms with Gasteiger partial charge in [-0.05, 0) is 12.1 Å². The summed E-state index contributed by atoms with van der Waals surface area (Å²) < 4.78 is 10.8. The van der Waals surface area contributed by atoms with Gasteiger partial charge in [-0.2, -0.15) is 0 Å². The first-order valence-corrected chi connectivity index (χ1v) is 6.58. The molecule has 0 unspecified atom stereocenters. The normalized spacial score (nSPS) is 10.9. The summed E-state index contributed by atoms with van der Waals surface area (Å²) in [6, 6.07) is 8.91. The zero-order valence-corrected chi connectivity index (χ0v) is 12.3. The molecule has 0 radical (unpaired) electrons. The molecule has 1 rings (SSSR count). The number of likely N-dealkylation sites (N-methyl/N-ethyl adjacent to an activating group) is 1. The fourth-order valence-corrected chi connectivity index (χ4v) is 1.59. The van der Waals surface area contributed by atoms with Crippen LogP contribution in [0.3, 0.4) is 0 Å². The van der Waals surface area contributed by atoms with Crippen molar-refractivity contribution in [3.05, 3.63) is 35.9 Å². The van der Waals surface area contributed by atoms with Crippen molar-refractivity contribution in [1.82, 2.24) is 0 Å². The van der Waals surface area contributed by atoms with E-state index in [0.717, 1.165) is 0 Å². The van der Waals surface area contributed by atoms with Gasteiger partial charge < -0.3 is 14.0 Å². The van der Waals surface area contributed by atoms with E-state index in [1.54, 1.807) is 24.3 Å². The third-order valence-corrected chi connectivity index (χ3v) is 2.94. The number of esters is 2. The average molecular weight is 280 g/mol. The first-order chi connectivity index (χ1) is 9.41. The predicted octanol–water partition coefficient (Wildman–Crippen LogP) is 1.48. The number of ether oxygens (including phenoxy) is 2. The minimum absolute atomic E-state index is 0.277. The fraction of sp³-hybridized carbons (Fsp3) is 0.467. The Bertz CT molecular complexity index is 442. The van der Waals surface area contributed by atoms with Crippen LogP contribution in [0.1, 0.15) is 17.3 Å². The highest BCUT2D eigenvalue weighted by atomic mass is 16.5. The van der Waals surface area contributed by atoms with Crippen molar-refractivity contribution in [3.8, 4) is 0 Å². The Morgan fingerprint density at radius 3 is 2.10 bits per heavy atom. The van der Waals surface area contributed by atoms with Gasteiger partial charge in [-0.3, -0.25) is 4.79 Å². The Morgan fingerprint density at radius 1 is 1.00 bits per heavy atom. The van der Waals surface area contributed by atoms with Crippen molar-refractivity contribution in [3.63, 3.8) is 0 Å².